The molecule has 2 aromatic heterocycles. The van der Waals surface area contributed by atoms with Gasteiger partial charge in [0.15, 0.2) is 0 Å². The molecule has 0 atom stereocenters. The summed E-state index contributed by atoms with van der Waals surface area (Å²) in [6, 6.07) is 9.37. The van der Waals surface area contributed by atoms with E-state index in [4.69, 9.17) is 9.47 Å². The van der Waals surface area contributed by atoms with E-state index in [1.54, 1.807) is 14.2 Å². The minimum atomic E-state index is 0.00924. The van der Waals surface area contributed by atoms with Crippen molar-refractivity contribution in [2.24, 2.45) is 0 Å². The van der Waals surface area contributed by atoms with Crippen LogP contribution < -0.4 is 9.47 Å². The Labute approximate surface area is 122 Å². The fraction of sp³-hybridized carbons (Fsp3) is 0.188. The maximum absolute atomic E-state index is 9.19. The van der Waals surface area contributed by atoms with E-state index >= 15 is 0 Å². The predicted octanol–water partition coefficient (Wildman–Crippen LogP) is 2.51. The van der Waals surface area contributed by atoms with Crippen LogP contribution in [0.1, 0.15) is 5.56 Å². The summed E-state index contributed by atoms with van der Waals surface area (Å²) in [6.07, 6.45) is 3.78. The summed E-state index contributed by atoms with van der Waals surface area (Å²) in [4.78, 5) is 4.58. The third-order valence-corrected chi connectivity index (χ3v) is 3.38. The lowest BCUT2D eigenvalue weighted by Gasteiger charge is -2.08. The van der Waals surface area contributed by atoms with Gasteiger partial charge < -0.3 is 19.0 Å². The maximum atomic E-state index is 9.19. The van der Waals surface area contributed by atoms with Gasteiger partial charge in [0.25, 0.3) is 0 Å². The number of fused-ring (bicyclic) bond motifs is 1. The van der Waals surface area contributed by atoms with Gasteiger partial charge >= 0.3 is 0 Å². The summed E-state index contributed by atoms with van der Waals surface area (Å²) < 4.78 is 12.5. The van der Waals surface area contributed by atoms with Crippen molar-refractivity contribution in [1.82, 2.24) is 9.38 Å². The Balaban J connectivity index is 2.11. The molecule has 1 aromatic carbocycles. The van der Waals surface area contributed by atoms with Crippen molar-refractivity contribution >= 4 is 5.65 Å². The Bertz CT molecular complexity index is 780. The molecular weight excluding hydrogens is 268 g/mol. The first-order valence-electron chi connectivity index (χ1n) is 6.56. The zero-order valence-corrected chi connectivity index (χ0v) is 11.9. The van der Waals surface area contributed by atoms with Crippen molar-refractivity contribution in [3.05, 3.63) is 48.3 Å². The number of nitrogens with zero attached hydrogens (tertiary/aromatic N) is 2. The Hall–Kier alpha value is -2.53. The summed E-state index contributed by atoms with van der Waals surface area (Å²) in [5, 5.41) is 9.19. The highest BCUT2D eigenvalue weighted by Gasteiger charge is 2.11. The van der Waals surface area contributed by atoms with Crippen LogP contribution in [0.15, 0.2) is 42.7 Å². The van der Waals surface area contributed by atoms with Crippen molar-refractivity contribution in [3.8, 4) is 22.8 Å². The van der Waals surface area contributed by atoms with Gasteiger partial charge in [0.05, 0.1) is 26.5 Å². The monoisotopic (exact) mass is 284 g/mol. The quantitative estimate of drug-likeness (QED) is 0.800. The molecule has 108 valence electrons. The second-order valence-corrected chi connectivity index (χ2v) is 4.65. The van der Waals surface area contributed by atoms with Crippen LogP contribution in [0.4, 0.5) is 0 Å². The third kappa shape index (κ3) is 2.43. The first-order chi connectivity index (χ1) is 10.2. The number of imidazole rings is 1. The average molecular weight is 284 g/mol. The molecule has 3 aromatic rings. The normalized spacial score (nSPS) is 10.8. The van der Waals surface area contributed by atoms with Gasteiger partial charge in [-0.05, 0) is 23.8 Å². The molecule has 0 unspecified atom stereocenters. The number of hydrogen-bond acceptors (Lipinski definition) is 4. The van der Waals surface area contributed by atoms with Crippen LogP contribution in [-0.2, 0) is 6.61 Å². The molecule has 0 bridgehead atoms. The Morgan fingerprint density at radius 1 is 1.10 bits per heavy atom. The highest BCUT2D eigenvalue weighted by molar-refractivity contribution is 5.70. The summed E-state index contributed by atoms with van der Waals surface area (Å²) >= 11 is 0. The molecule has 3 rings (SSSR count). The van der Waals surface area contributed by atoms with Gasteiger partial charge in [-0.3, -0.25) is 0 Å². The average Bonchev–Trinajstić information content (AvgIpc) is 2.96. The highest BCUT2D eigenvalue weighted by atomic mass is 16.5. The number of aromatic nitrogens is 2. The zero-order valence-electron chi connectivity index (χ0n) is 11.9. The molecule has 21 heavy (non-hydrogen) atoms. The lowest BCUT2D eigenvalue weighted by Crippen LogP contribution is -1.90. The van der Waals surface area contributed by atoms with Gasteiger partial charge in [0.1, 0.15) is 17.1 Å². The van der Waals surface area contributed by atoms with Crippen LogP contribution in [0.2, 0.25) is 0 Å². The summed E-state index contributed by atoms with van der Waals surface area (Å²) in [5.41, 5.74) is 3.37. The molecule has 2 heterocycles. The molecule has 0 amide bonds. The number of ether oxygens (including phenoxy) is 2. The van der Waals surface area contributed by atoms with Crippen molar-refractivity contribution < 1.29 is 14.6 Å². The summed E-state index contributed by atoms with van der Waals surface area (Å²) in [6.45, 7) is 0.00924. The van der Waals surface area contributed by atoms with Gasteiger partial charge in [-0.15, -0.1) is 0 Å². The van der Waals surface area contributed by atoms with Crippen LogP contribution in [-0.4, -0.2) is 28.7 Å². The topological polar surface area (TPSA) is 56.0 Å². The second-order valence-electron chi connectivity index (χ2n) is 4.65. The molecule has 5 nitrogen and oxygen atoms in total. The van der Waals surface area contributed by atoms with Crippen LogP contribution in [0.3, 0.4) is 0 Å². The first kappa shape index (κ1) is 13.5. The van der Waals surface area contributed by atoms with Gasteiger partial charge in [0.2, 0.25) is 0 Å². The van der Waals surface area contributed by atoms with Gasteiger partial charge in [0, 0.05) is 24.0 Å². The highest BCUT2D eigenvalue weighted by Crippen LogP contribution is 2.32. The lowest BCUT2D eigenvalue weighted by molar-refractivity contribution is 0.281. The Morgan fingerprint density at radius 3 is 2.67 bits per heavy atom. The standard InChI is InChI=1S/C16H16N2O3/c1-20-12-4-5-13(15(7-12)21-2)14-9-18-8-11(10-19)3-6-16(18)17-14/h3-9,19H,10H2,1-2H3. The van der Waals surface area contributed by atoms with Crippen molar-refractivity contribution in [2.75, 3.05) is 14.2 Å². The van der Waals surface area contributed by atoms with Crippen molar-refractivity contribution in [1.29, 1.82) is 0 Å². The van der Waals surface area contributed by atoms with E-state index < -0.39 is 0 Å². The minimum absolute atomic E-state index is 0.00924. The molecule has 0 saturated heterocycles. The maximum Gasteiger partial charge on any atom is 0.137 e. The molecule has 5 heteroatoms. The molecular formula is C16H16N2O3. The first-order valence-corrected chi connectivity index (χ1v) is 6.56. The van der Waals surface area contributed by atoms with Gasteiger partial charge in [-0.2, -0.15) is 0 Å². The molecule has 0 fully saturated rings. The number of hydrogen-bond donors (Lipinski definition) is 1. The van der Waals surface area contributed by atoms with Crippen LogP contribution in [0, 0.1) is 0 Å². The van der Waals surface area contributed by atoms with E-state index in [1.807, 2.05) is 47.1 Å². The number of pyridine rings is 1. The van der Waals surface area contributed by atoms with Gasteiger partial charge in [-0.1, -0.05) is 6.07 Å². The molecule has 0 aliphatic carbocycles. The van der Waals surface area contributed by atoms with Gasteiger partial charge in [-0.25, -0.2) is 4.98 Å². The van der Waals surface area contributed by atoms with Crippen molar-refractivity contribution in [2.45, 2.75) is 6.61 Å². The van der Waals surface area contributed by atoms with E-state index in [-0.39, 0.29) is 6.61 Å². The third-order valence-electron chi connectivity index (χ3n) is 3.38. The number of rotatable bonds is 4. The Kier molecular flexibility index (Phi) is 3.50. The number of methoxy groups -OCH3 is 2. The van der Waals surface area contributed by atoms with E-state index in [2.05, 4.69) is 4.98 Å². The SMILES string of the molecule is COc1ccc(-c2cn3cc(CO)ccc3n2)c(OC)c1. The van der Waals surface area contributed by atoms with Crippen LogP contribution in [0.25, 0.3) is 16.9 Å². The number of benzene rings is 1. The smallest absolute Gasteiger partial charge is 0.137 e. The number of aliphatic hydroxyl groups is 1. The fourth-order valence-corrected chi connectivity index (χ4v) is 2.27. The molecule has 0 aliphatic heterocycles. The van der Waals surface area contributed by atoms with E-state index in [0.29, 0.717) is 5.75 Å². The summed E-state index contributed by atoms with van der Waals surface area (Å²) in [7, 11) is 3.24. The predicted molar refractivity (Wildman–Crippen MR) is 79.7 cm³/mol. The molecule has 0 spiro atoms. The Morgan fingerprint density at radius 2 is 1.95 bits per heavy atom. The second kappa shape index (κ2) is 5.46. The largest absolute Gasteiger partial charge is 0.497 e. The lowest BCUT2D eigenvalue weighted by atomic mass is 10.1. The molecule has 1 N–H and O–H groups in total. The molecule has 0 saturated carbocycles. The fourth-order valence-electron chi connectivity index (χ4n) is 2.27. The van der Waals surface area contributed by atoms with Crippen LogP contribution in [0.5, 0.6) is 11.5 Å². The van der Waals surface area contributed by atoms with E-state index in [9.17, 15) is 5.11 Å². The molecule has 0 aliphatic rings. The van der Waals surface area contributed by atoms with Crippen LogP contribution >= 0.6 is 0 Å². The summed E-state index contributed by atoms with van der Waals surface area (Å²) in [5.74, 6) is 1.45. The molecule has 0 radical (unpaired) electrons. The van der Waals surface area contributed by atoms with E-state index in [0.717, 1.165) is 28.2 Å². The van der Waals surface area contributed by atoms with E-state index in [1.165, 1.54) is 0 Å². The number of aliphatic hydroxyl groups excluding tert-OH is 1. The minimum Gasteiger partial charge on any atom is -0.497 e. The van der Waals surface area contributed by atoms with Crippen molar-refractivity contribution in [3.63, 3.8) is 0 Å². The zero-order chi connectivity index (χ0) is 14.8.